The Labute approximate surface area is 184 Å². The van der Waals surface area contributed by atoms with Crippen molar-refractivity contribution in [2.24, 2.45) is 13.0 Å². The van der Waals surface area contributed by atoms with Gasteiger partial charge in [-0.3, -0.25) is 9.48 Å². The van der Waals surface area contributed by atoms with Crippen LogP contribution in [0.5, 0.6) is 0 Å². The van der Waals surface area contributed by atoms with Crippen molar-refractivity contribution < 1.29 is 4.79 Å². The summed E-state index contributed by atoms with van der Waals surface area (Å²) >= 11 is 1.64. The third-order valence-corrected chi connectivity index (χ3v) is 7.95. The number of carbonyl (C=O) groups is 1. The van der Waals surface area contributed by atoms with Gasteiger partial charge in [0.25, 0.3) is 5.91 Å². The van der Waals surface area contributed by atoms with E-state index in [1.54, 1.807) is 16.4 Å². The number of piperidine rings is 3. The molecule has 0 aliphatic carbocycles. The number of allylic oxidation sites excluding steroid dienone is 1. The monoisotopic (exact) mass is 435 g/mol. The molecule has 7 rings (SSSR count). The molecule has 0 saturated carbocycles. The topological polar surface area (TPSA) is 80.4 Å². The van der Waals surface area contributed by atoms with Crippen LogP contribution in [0, 0.1) is 5.92 Å². The Morgan fingerprint density at radius 3 is 2.71 bits per heavy atom. The lowest BCUT2D eigenvalue weighted by Crippen LogP contribution is -2.57. The lowest BCUT2D eigenvalue weighted by molar-refractivity contribution is -0.118. The van der Waals surface area contributed by atoms with Crippen LogP contribution in [-0.2, 0) is 11.8 Å². The zero-order valence-corrected chi connectivity index (χ0v) is 18.3. The van der Waals surface area contributed by atoms with E-state index < -0.39 is 0 Å². The minimum absolute atomic E-state index is 0.0783. The second-order valence-electron chi connectivity index (χ2n) is 8.78. The first-order valence-corrected chi connectivity index (χ1v) is 11.8. The first-order valence-electron chi connectivity index (χ1n) is 10.8. The van der Waals surface area contributed by atoms with Gasteiger partial charge in [0.15, 0.2) is 5.65 Å². The van der Waals surface area contributed by atoms with Gasteiger partial charge in [-0.2, -0.15) is 10.2 Å². The van der Waals surface area contributed by atoms with E-state index in [0.717, 1.165) is 39.5 Å². The molecule has 3 saturated heterocycles. The van der Waals surface area contributed by atoms with E-state index in [0.29, 0.717) is 12.0 Å². The normalized spacial score (nSPS) is 27.6. The number of carbonyl (C=O) groups excluding carboxylic acids is 1. The highest BCUT2D eigenvalue weighted by molar-refractivity contribution is 8.04. The minimum Gasteiger partial charge on any atom is -0.347 e. The van der Waals surface area contributed by atoms with Crippen molar-refractivity contribution in [1.82, 2.24) is 34.6 Å². The fourth-order valence-electron chi connectivity index (χ4n) is 5.02. The SMILES string of the molecule is Cn1cc(-c2cnc3c(C4C=C(C(=O)N[C@H]5CN6CCC5CC6)SC4)cnn3c2)cn1. The molecule has 3 aromatic heterocycles. The number of hydrogen-bond donors (Lipinski definition) is 1. The number of nitrogens with one attached hydrogen (secondary N) is 1. The van der Waals surface area contributed by atoms with Crippen LogP contribution >= 0.6 is 11.8 Å². The number of aromatic nitrogens is 5. The molecule has 3 aromatic rings. The fraction of sp³-hybridized carbons (Fsp3) is 0.455. The molecule has 2 bridgehead atoms. The first kappa shape index (κ1) is 19.1. The van der Waals surface area contributed by atoms with Crippen molar-refractivity contribution in [3.63, 3.8) is 0 Å². The second-order valence-corrected chi connectivity index (χ2v) is 9.84. The third-order valence-electron chi connectivity index (χ3n) is 6.79. The van der Waals surface area contributed by atoms with Crippen LogP contribution in [0.1, 0.15) is 24.3 Å². The van der Waals surface area contributed by atoms with Crippen LogP contribution in [0.3, 0.4) is 0 Å². The molecule has 3 fully saturated rings. The van der Waals surface area contributed by atoms with E-state index in [2.05, 4.69) is 31.5 Å². The molecule has 0 radical (unpaired) electrons. The minimum atomic E-state index is 0.0783. The van der Waals surface area contributed by atoms with Crippen LogP contribution in [0.4, 0.5) is 0 Å². The molecule has 2 atom stereocenters. The van der Waals surface area contributed by atoms with E-state index in [-0.39, 0.29) is 11.8 Å². The van der Waals surface area contributed by atoms with Crippen LogP contribution in [0.25, 0.3) is 16.8 Å². The molecule has 1 amide bonds. The Hall–Kier alpha value is -2.65. The highest BCUT2D eigenvalue weighted by atomic mass is 32.2. The summed E-state index contributed by atoms with van der Waals surface area (Å²) in [6.07, 6.45) is 14.0. The lowest BCUT2D eigenvalue weighted by Gasteiger charge is -2.44. The maximum atomic E-state index is 12.9. The fourth-order valence-corrected chi connectivity index (χ4v) is 6.11. The highest BCUT2D eigenvalue weighted by Gasteiger charge is 2.36. The standard InChI is InChI=1S/C22H25N7OS/c1-27-10-17(8-24-27)16-7-23-21-18(9-25-29(21)11-16)15-6-20(31-13-15)22(30)26-19-12-28-4-2-14(19)3-5-28/h6-11,14-15,19H,2-5,12-13H2,1H3,(H,26,30)/t15?,19-/m0/s1. The summed E-state index contributed by atoms with van der Waals surface area (Å²) in [5, 5.41) is 12.1. The van der Waals surface area contributed by atoms with Gasteiger partial charge in [-0.25, -0.2) is 9.50 Å². The van der Waals surface area contributed by atoms with Crippen LogP contribution in [-0.4, -0.2) is 66.6 Å². The van der Waals surface area contributed by atoms with Gasteiger partial charge in [-0.1, -0.05) is 6.08 Å². The number of fused-ring (bicyclic) bond motifs is 4. The van der Waals surface area contributed by atoms with E-state index >= 15 is 0 Å². The Morgan fingerprint density at radius 1 is 1.13 bits per heavy atom. The van der Waals surface area contributed by atoms with Gasteiger partial charge in [0, 0.05) is 66.6 Å². The molecule has 0 aromatic carbocycles. The molecule has 1 unspecified atom stereocenters. The van der Waals surface area contributed by atoms with Crippen molar-refractivity contribution >= 4 is 23.3 Å². The molecule has 0 spiro atoms. The average Bonchev–Trinajstić information content (AvgIpc) is 3.53. The predicted octanol–water partition coefficient (Wildman–Crippen LogP) is 2.05. The molecule has 1 N–H and O–H groups in total. The zero-order valence-electron chi connectivity index (χ0n) is 17.4. The van der Waals surface area contributed by atoms with Crippen LogP contribution < -0.4 is 5.32 Å². The molecule has 160 valence electrons. The first-order chi connectivity index (χ1) is 15.1. The largest absolute Gasteiger partial charge is 0.347 e. The zero-order chi connectivity index (χ0) is 20.9. The smallest absolute Gasteiger partial charge is 0.257 e. The van der Waals surface area contributed by atoms with E-state index in [4.69, 9.17) is 0 Å². The van der Waals surface area contributed by atoms with Crippen molar-refractivity contribution in [1.29, 1.82) is 0 Å². The number of amides is 1. The maximum Gasteiger partial charge on any atom is 0.257 e. The predicted molar refractivity (Wildman–Crippen MR) is 120 cm³/mol. The summed E-state index contributed by atoms with van der Waals surface area (Å²) in [4.78, 5) is 20.9. The van der Waals surface area contributed by atoms with Gasteiger partial charge < -0.3 is 10.2 Å². The molecule has 8 nitrogen and oxygen atoms in total. The lowest BCUT2D eigenvalue weighted by atomic mass is 9.84. The van der Waals surface area contributed by atoms with Crippen molar-refractivity contribution in [2.75, 3.05) is 25.4 Å². The number of aryl methyl sites for hydroxylation is 1. The maximum absolute atomic E-state index is 12.9. The summed E-state index contributed by atoms with van der Waals surface area (Å²) < 4.78 is 3.60. The van der Waals surface area contributed by atoms with Crippen LogP contribution in [0.15, 0.2) is 42.0 Å². The summed E-state index contributed by atoms with van der Waals surface area (Å²) in [7, 11) is 1.90. The second kappa shape index (κ2) is 7.49. The van der Waals surface area contributed by atoms with Gasteiger partial charge in [0.1, 0.15) is 0 Å². The Balaban J connectivity index is 1.20. The molecule has 4 aliphatic rings. The summed E-state index contributed by atoms with van der Waals surface area (Å²) in [5.41, 5.74) is 3.89. The third kappa shape index (κ3) is 3.45. The number of thioether (sulfide) groups is 1. The Kier molecular flexibility index (Phi) is 4.61. The van der Waals surface area contributed by atoms with Gasteiger partial charge in [-0.15, -0.1) is 11.8 Å². The number of hydrogen-bond acceptors (Lipinski definition) is 6. The number of nitrogens with zero attached hydrogens (tertiary/aromatic N) is 6. The van der Waals surface area contributed by atoms with Gasteiger partial charge in [-0.05, 0) is 31.8 Å². The van der Waals surface area contributed by atoms with Crippen molar-refractivity contribution in [2.45, 2.75) is 24.8 Å². The van der Waals surface area contributed by atoms with E-state index in [1.807, 2.05) is 42.5 Å². The van der Waals surface area contributed by atoms with Crippen molar-refractivity contribution in [3.8, 4) is 11.1 Å². The molecule has 7 heterocycles. The van der Waals surface area contributed by atoms with E-state index in [9.17, 15) is 4.79 Å². The molecular weight excluding hydrogens is 410 g/mol. The molecule has 9 heteroatoms. The molecule has 4 aliphatic heterocycles. The summed E-state index contributed by atoms with van der Waals surface area (Å²) in [6.45, 7) is 3.36. The van der Waals surface area contributed by atoms with Crippen LogP contribution in [0.2, 0.25) is 0 Å². The molecular formula is C22H25N7OS. The van der Waals surface area contributed by atoms with Gasteiger partial charge in [0.05, 0.1) is 17.3 Å². The average molecular weight is 436 g/mol. The molecule has 31 heavy (non-hydrogen) atoms. The van der Waals surface area contributed by atoms with E-state index in [1.165, 1.54) is 25.9 Å². The quantitative estimate of drug-likeness (QED) is 0.676. The van der Waals surface area contributed by atoms with Crippen molar-refractivity contribution in [3.05, 3.63) is 47.5 Å². The Bertz CT molecular complexity index is 1170. The summed E-state index contributed by atoms with van der Waals surface area (Å²) in [5.74, 6) is 1.70. The van der Waals surface area contributed by atoms with Gasteiger partial charge >= 0.3 is 0 Å². The highest BCUT2D eigenvalue weighted by Crippen LogP contribution is 2.37. The summed E-state index contributed by atoms with van der Waals surface area (Å²) in [6, 6.07) is 0.292. The van der Waals surface area contributed by atoms with Gasteiger partial charge in [0.2, 0.25) is 0 Å². The Morgan fingerprint density at radius 2 is 1.97 bits per heavy atom. The number of rotatable bonds is 4.